The Kier molecular flexibility index (Phi) is 6.50. The fourth-order valence-corrected chi connectivity index (χ4v) is 2.93. The smallest absolute Gasteiger partial charge is 0.171 e. The third-order valence-electron chi connectivity index (χ3n) is 4.30. The standard InChI is InChI=1S/C23H28N2O/c1-20(2)18-25-14-10-23(11-15-25)22-8-12-24(13-9-22)16-17-26-19-21-6-4-3-5-7-21/h3-15,20H,16-19H2,1-2H3/q+2. The van der Waals surface area contributed by atoms with Gasteiger partial charge in [-0.1, -0.05) is 44.2 Å². The highest BCUT2D eigenvalue weighted by Crippen LogP contribution is 2.15. The Hall–Kier alpha value is -2.52. The van der Waals surface area contributed by atoms with Crippen LogP contribution in [0.25, 0.3) is 11.1 Å². The molecule has 3 aromatic rings. The average molecular weight is 348 g/mol. The zero-order chi connectivity index (χ0) is 18.2. The van der Waals surface area contributed by atoms with Gasteiger partial charge in [0.25, 0.3) is 0 Å². The van der Waals surface area contributed by atoms with E-state index in [-0.39, 0.29) is 0 Å². The molecule has 0 bridgehead atoms. The van der Waals surface area contributed by atoms with Crippen molar-refractivity contribution in [2.75, 3.05) is 6.61 Å². The third-order valence-corrected chi connectivity index (χ3v) is 4.30. The van der Waals surface area contributed by atoms with Crippen molar-refractivity contribution in [3.05, 3.63) is 84.9 Å². The van der Waals surface area contributed by atoms with Gasteiger partial charge >= 0.3 is 0 Å². The molecule has 1 aromatic carbocycles. The minimum Gasteiger partial charge on any atom is -0.370 e. The van der Waals surface area contributed by atoms with Crippen molar-refractivity contribution >= 4 is 0 Å². The first-order valence-electron chi connectivity index (χ1n) is 9.31. The van der Waals surface area contributed by atoms with Crippen molar-refractivity contribution in [2.45, 2.75) is 33.5 Å². The summed E-state index contributed by atoms with van der Waals surface area (Å²) in [6, 6.07) is 19.0. The van der Waals surface area contributed by atoms with Crippen LogP contribution in [0, 0.1) is 5.92 Å². The van der Waals surface area contributed by atoms with Crippen LogP contribution in [0.5, 0.6) is 0 Å². The molecule has 3 nitrogen and oxygen atoms in total. The largest absolute Gasteiger partial charge is 0.370 e. The molecule has 0 aliphatic heterocycles. The van der Waals surface area contributed by atoms with Crippen molar-refractivity contribution < 1.29 is 13.9 Å². The summed E-state index contributed by atoms with van der Waals surface area (Å²) in [4.78, 5) is 0. The van der Waals surface area contributed by atoms with Crippen molar-refractivity contribution in [2.24, 2.45) is 5.92 Å². The van der Waals surface area contributed by atoms with Crippen LogP contribution in [0.3, 0.4) is 0 Å². The minimum absolute atomic E-state index is 0.658. The Balaban J connectivity index is 1.50. The highest BCUT2D eigenvalue weighted by atomic mass is 16.5. The number of ether oxygens (including phenoxy) is 1. The fraction of sp³-hybridized carbons (Fsp3) is 0.304. The maximum absolute atomic E-state index is 5.76. The lowest BCUT2D eigenvalue weighted by molar-refractivity contribution is -0.702. The van der Waals surface area contributed by atoms with Crippen LogP contribution in [0.2, 0.25) is 0 Å². The number of rotatable bonds is 8. The predicted octanol–water partition coefficient (Wildman–Crippen LogP) is 3.80. The summed E-state index contributed by atoms with van der Waals surface area (Å²) in [5.74, 6) is 0.658. The molecule has 0 radical (unpaired) electrons. The fourth-order valence-electron chi connectivity index (χ4n) is 2.93. The molecule has 0 N–H and O–H groups in total. The molecular weight excluding hydrogens is 320 g/mol. The first kappa shape index (κ1) is 18.3. The van der Waals surface area contributed by atoms with Crippen molar-refractivity contribution in [3.63, 3.8) is 0 Å². The van der Waals surface area contributed by atoms with Crippen LogP contribution in [0.15, 0.2) is 79.4 Å². The molecular formula is C23H28N2O+2. The van der Waals surface area contributed by atoms with Gasteiger partial charge in [0.2, 0.25) is 0 Å². The van der Waals surface area contributed by atoms with Crippen LogP contribution in [0.1, 0.15) is 19.4 Å². The quantitative estimate of drug-likeness (QED) is 0.447. The molecule has 0 aliphatic rings. The summed E-state index contributed by atoms with van der Waals surface area (Å²) < 4.78 is 10.2. The van der Waals surface area contributed by atoms with Crippen molar-refractivity contribution in [3.8, 4) is 11.1 Å². The Labute approximate surface area is 156 Å². The van der Waals surface area contributed by atoms with Crippen molar-refractivity contribution in [1.82, 2.24) is 0 Å². The maximum atomic E-state index is 5.76. The first-order chi connectivity index (χ1) is 12.7. The normalized spacial score (nSPS) is 11.0. The van der Waals surface area contributed by atoms with Gasteiger partial charge in [0.05, 0.1) is 6.61 Å². The van der Waals surface area contributed by atoms with Gasteiger partial charge in [-0.2, -0.15) is 0 Å². The molecule has 0 spiro atoms. The summed E-state index contributed by atoms with van der Waals surface area (Å²) in [6.07, 6.45) is 8.56. The van der Waals surface area contributed by atoms with Crippen molar-refractivity contribution in [1.29, 1.82) is 0 Å². The Bertz CT molecular complexity index is 781. The number of nitrogens with zero attached hydrogens (tertiary/aromatic N) is 2. The summed E-state index contributed by atoms with van der Waals surface area (Å²) in [5.41, 5.74) is 3.70. The van der Waals surface area contributed by atoms with E-state index in [2.05, 4.69) is 84.2 Å². The van der Waals surface area contributed by atoms with Gasteiger partial charge in [0.1, 0.15) is 6.61 Å². The summed E-state index contributed by atoms with van der Waals surface area (Å²) >= 11 is 0. The van der Waals surface area contributed by atoms with Crippen LogP contribution < -0.4 is 9.13 Å². The molecule has 0 atom stereocenters. The number of hydrogen-bond donors (Lipinski definition) is 0. The molecule has 3 heteroatoms. The van der Waals surface area contributed by atoms with Crippen LogP contribution in [-0.4, -0.2) is 6.61 Å². The Morgan fingerprint density at radius 2 is 1.35 bits per heavy atom. The lowest BCUT2D eigenvalue weighted by atomic mass is 10.1. The van der Waals surface area contributed by atoms with E-state index in [9.17, 15) is 0 Å². The molecule has 0 unspecified atom stereocenters. The van der Waals surface area contributed by atoms with Crippen LogP contribution >= 0.6 is 0 Å². The van der Waals surface area contributed by atoms with Crippen LogP contribution in [0.4, 0.5) is 0 Å². The highest BCUT2D eigenvalue weighted by molar-refractivity contribution is 5.60. The van der Waals surface area contributed by atoms with Gasteiger partial charge in [-0.15, -0.1) is 0 Å². The second-order valence-electron chi connectivity index (χ2n) is 7.04. The Morgan fingerprint density at radius 3 is 1.92 bits per heavy atom. The van der Waals surface area contributed by atoms with E-state index >= 15 is 0 Å². The minimum atomic E-state index is 0.658. The van der Waals surface area contributed by atoms with Crippen LogP contribution in [-0.2, 0) is 24.4 Å². The molecule has 0 aliphatic carbocycles. The molecule has 26 heavy (non-hydrogen) atoms. The zero-order valence-corrected chi connectivity index (χ0v) is 15.7. The molecule has 134 valence electrons. The Morgan fingerprint density at radius 1 is 0.769 bits per heavy atom. The van der Waals surface area contributed by atoms with E-state index in [1.165, 1.54) is 16.7 Å². The zero-order valence-electron chi connectivity index (χ0n) is 15.7. The number of aromatic nitrogens is 2. The predicted molar refractivity (Wildman–Crippen MR) is 103 cm³/mol. The van der Waals surface area contributed by atoms with Gasteiger partial charge in [0.15, 0.2) is 37.9 Å². The molecule has 0 saturated heterocycles. The summed E-state index contributed by atoms with van der Waals surface area (Å²) in [5, 5.41) is 0. The van der Waals surface area contributed by atoms with E-state index < -0.39 is 0 Å². The van der Waals surface area contributed by atoms with Gasteiger partial charge in [-0.05, 0) is 16.7 Å². The van der Waals surface area contributed by atoms with E-state index in [1.807, 2.05) is 18.2 Å². The lowest BCUT2D eigenvalue weighted by Crippen LogP contribution is -2.35. The molecule has 2 aromatic heterocycles. The molecule has 0 amide bonds. The summed E-state index contributed by atoms with van der Waals surface area (Å²) in [7, 11) is 0. The molecule has 2 heterocycles. The van der Waals surface area contributed by atoms with Gasteiger partial charge < -0.3 is 4.74 Å². The molecule has 0 saturated carbocycles. The van der Waals surface area contributed by atoms with E-state index in [1.54, 1.807) is 0 Å². The van der Waals surface area contributed by atoms with Gasteiger partial charge in [-0.3, -0.25) is 0 Å². The SMILES string of the molecule is CC(C)C[n+]1ccc(-c2cc[n+](CCOCc3ccccc3)cc2)cc1. The first-order valence-corrected chi connectivity index (χ1v) is 9.31. The second-order valence-corrected chi connectivity index (χ2v) is 7.04. The number of pyridine rings is 2. The highest BCUT2D eigenvalue weighted by Gasteiger charge is 2.07. The lowest BCUT2D eigenvalue weighted by Gasteiger charge is -2.04. The molecule has 3 rings (SSSR count). The van der Waals surface area contributed by atoms with E-state index in [4.69, 9.17) is 4.74 Å². The monoisotopic (exact) mass is 348 g/mol. The topological polar surface area (TPSA) is 17.0 Å². The van der Waals surface area contributed by atoms with E-state index in [0.29, 0.717) is 19.1 Å². The van der Waals surface area contributed by atoms with E-state index in [0.717, 1.165) is 13.1 Å². The van der Waals surface area contributed by atoms with Gasteiger partial charge in [-0.25, -0.2) is 9.13 Å². The van der Waals surface area contributed by atoms with Gasteiger partial charge in [0, 0.05) is 30.2 Å². The second kappa shape index (κ2) is 9.25. The summed E-state index contributed by atoms with van der Waals surface area (Å²) in [6.45, 7) is 7.76. The maximum Gasteiger partial charge on any atom is 0.171 e. The third kappa shape index (κ3) is 5.50. The number of benzene rings is 1. The number of hydrogen-bond acceptors (Lipinski definition) is 1. The molecule has 0 fully saturated rings. The average Bonchev–Trinajstić information content (AvgIpc) is 2.67.